The van der Waals surface area contributed by atoms with Crippen LogP contribution in [0.5, 0.6) is 0 Å². The fourth-order valence-corrected chi connectivity index (χ4v) is 3.11. The summed E-state index contributed by atoms with van der Waals surface area (Å²) in [5.74, 6) is 0.0773. The Morgan fingerprint density at radius 1 is 1.04 bits per heavy atom. The Hall–Kier alpha value is -2.59. The highest BCUT2D eigenvalue weighted by molar-refractivity contribution is 5.80. The van der Waals surface area contributed by atoms with E-state index in [-0.39, 0.29) is 11.9 Å². The lowest BCUT2D eigenvalue weighted by atomic mass is 10.1. The molecular weight excluding hydrogens is 310 g/mol. The van der Waals surface area contributed by atoms with Crippen LogP contribution in [0, 0.1) is 0 Å². The van der Waals surface area contributed by atoms with Crippen LogP contribution in [0.1, 0.15) is 18.0 Å². The Labute approximate surface area is 149 Å². The number of aromatic nitrogens is 1. The van der Waals surface area contributed by atoms with Crippen LogP contribution in [-0.4, -0.2) is 36.0 Å². The Morgan fingerprint density at radius 2 is 1.76 bits per heavy atom. The molecule has 2 aromatic carbocycles. The summed E-state index contributed by atoms with van der Waals surface area (Å²) in [5, 5.41) is 4.39. The number of hydrogen-bond acceptors (Lipinski definition) is 2. The van der Waals surface area contributed by atoms with Gasteiger partial charge in [0.25, 0.3) is 0 Å². The highest BCUT2D eigenvalue weighted by atomic mass is 16.1. The third-order valence-corrected chi connectivity index (χ3v) is 4.34. The molecule has 1 heterocycles. The van der Waals surface area contributed by atoms with Crippen LogP contribution >= 0.6 is 0 Å². The molecule has 1 atom stereocenters. The first kappa shape index (κ1) is 17.2. The maximum absolute atomic E-state index is 12.5. The van der Waals surface area contributed by atoms with Gasteiger partial charge in [0.05, 0.1) is 6.04 Å². The molecule has 130 valence electrons. The van der Waals surface area contributed by atoms with Gasteiger partial charge in [0, 0.05) is 31.2 Å². The lowest BCUT2D eigenvalue weighted by molar-refractivity contribution is -0.122. The van der Waals surface area contributed by atoms with Gasteiger partial charge in [-0.25, -0.2) is 0 Å². The third-order valence-electron chi connectivity index (χ3n) is 4.34. The number of nitrogens with one attached hydrogen (secondary N) is 1. The van der Waals surface area contributed by atoms with Gasteiger partial charge in [-0.1, -0.05) is 48.5 Å². The summed E-state index contributed by atoms with van der Waals surface area (Å²) in [5.41, 5.74) is 2.30. The Bertz CT molecular complexity index is 823. The quantitative estimate of drug-likeness (QED) is 0.718. The molecule has 0 spiro atoms. The van der Waals surface area contributed by atoms with Crippen LogP contribution in [0.2, 0.25) is 0 Å². The van der Waals surface area contributed by atoms with Crippen molar-refractivity contribution in [2.24, 2.45) is 0 Å². The van der Waals surface area contributed by atoms with Crippen molar-refractivity contribution >= 4 is 16.8 Å². The second-order valence-electron chi connectivity index (χ2n) is 6.61. The first-order chi connectivity index (χ1) is 12.1. The van der Waals surface area contributed by atoms with Crippen molar-refractivity contribution in [3.63, 3.8) is 0 Å². The van der Waals surface area contributed by atoms with E-state index >= 15 is 0 Å². The molecule has 4 heteroatoms. The van der Waals surface area contributed by atoms with Crippen LogP contribution < -0.4 is 5.32 Å². The number of likely N-dealkylation sites (N-methyl/N-ethyl adjacent to an activating group) is 1. The van der Waals surface area contributed by atoms with Crippen LogP contribution in [0.3, 0.4) is 0 Å². The summed E-state index contributed by atoms with van der Waals surface area (Å²) in [6, 6.07) is 20.5. The van der Waals surface area contributed by atoms with Gasteiger partial charge in [-0.05, 0) is 37.2 Å². The molecule has 25 heavy (non-hydrogen) atoms. The number of amides is 1. The lowest BCUT2D eigenvalue weighted by Crippen LogP contribution is -2.35. The van der Waals surface area contributed by atoms with E-state index in [2.05, 4.69) is 45.1 Å². The number of carbonyl (C=O) groups is 1. The second-order valence-corrected chi connectivity index (χ2v) is 6.61. The van der Waals surface area contributed by atoms with E-state index in [9.17, 15) is 4.79 Å². The Balaban J connectivity index is 1.63. The molecule has 0 fully saturated rings. The zero-order chi connectivity index (χ0) is 17.6. The minimum absolute atomic E-state index is 0.00473. The van der Waals surface area contributed by atoms with Gasteiger partial charge in [0.2, 0.25) is 5.91 Å². The lowest BCUT2D eigenvalue weighted by Gasteiger charge is -2.23. The molecule has 0 aliphatic rings. The molecule has 0 aliphatic carbocycles. The van der Waals surface area contributed by atoms with Crippen LogP contribution in [0.25, 0.3) is 10.9 Å². The average Bonchev–Trinajstić information content (AvgIpc) is 3.03. The molecule has 0 saturated heterocycles. The molecule has 3 rings (SSSR count). The highest BCUT2D eigenvalue weighted by Gasteiger charge is 2.15. The fraction of sp³-hybridized carbons (Fsp3) is 0.286. The standard InChI is InChI=1S/C21H25N3O/c1-23(2)16-19(17-8-4-3-5-9-17)22-21(25)13-15-24-14-12-18-10-6-7-11-20(18)24/h3-12,14,19H,13,15-16H2,1-2H3,(H,22,25)/t19-/m1/s1. The normalized spacial score (nSPS) is 12.4. The number of benzene rings is 2. The molecule has 1 amide bonds. The van der Waals surface area contributed by atoms with Crippen molar-refractivity contribution in [3.8, 4) is 0 Å². The van der Waals surface area contributed by atoms with E-state index in [1.165, 1.54) is 10.9 Å². The van der Waals surface area contributed by atoms with Crippen LogP contribution in [0.15, 0.2) is 66.9 Å². The molecule has 0 radical (unpaired) electrons. The first-order valence-corrected chi connectivity index (χ1v) is 8.66. The minimum atomic E-state index is 0.00473. The molecule has 1 N–H and O–H groups in total. The molecule has 0 saturated carbocycles. The number of para-hydroxylation sites is 1. The van der Waals surface area contributed by atoms with Gasteiger partial charge in [0.15, 0.2) is 0 Å². The molecule has 0 bridgehead atoms. The van der Waals surface area contributed by atoms with Crippen LogP contribution in [0.4, 0.5) is 0 Å². The average molecular weight is 335 g/mol. The highest BCUT2D eigenvalue weighted by Crippen LogP contribution is 2.16. The summed E-state index contributed by atoms with van der Waals surface area (Å²) >= 11 is 0. The molecule has 3 aromatic rings. The Morgan fingerprint density at radius 3 is 2.52 bits per heavy atom. The van der Waals surface area contributed by atoms with Crippen LogP contribution in [-0.2, 0) is 11.3 Å². The van der Waals surface area contributed by atoms with E-state index in [0.29, 0.717) is 13.0 Å². The van der Waals surface area contributed by atoms with Crippen molar-refractivity contribution in [1.29, 1.82) is 0 Å². The summed E-state index contributed by atoms with van der Waals surface area (Å²) < 4.78 is 2.14. The summed E-state index contributed by atoms with van der Waals surface area (Å²) in [6.07, 6.45) is 2.52. The summed E-state index contributed by atoms with van der Waals surface area (Å²) in [4.78, 5) is 14.6. The number of aryl methyl sites for hydroxylation is 1. The van der Waals surface area contributed by atoms with Gasteiger partial charge in [-0.15, -0.1) is 0 Å². The molecule has 1 aromatic heterocycles. The smallest absolute Gasteiger partial charge is 0.222 e. The first-order valence-electron chi connectivity index (χ1n) is 8.66. The monoisotopic (exact) mass is 335 g/mol. The molecule has 0 aliphatic heterocycles. The van der Waals surface area contributed by atoms with E-state index in [1.54, 1.807) is 0 Å². The van der Waals surface area contributed by atoms with Gasteiger partial charge in [-0.3, -0.25) is 4.79 Å². The topological polar surface area (TPSA) is 37.3 Å². The largest absolute Gasteiger partial charge is 0.348 e. The van der Waals surface area contributed by atoms with E-state index in [1.807, 2.05) is 50.6 Å². The van der Waals surface area contributed by atoms with E-state index < -0.39 is 0 Å². The number of fused-ring (bicyclic) bond motifs is 1. The summed E-state index contributed by atoms with van der Waals surface area (Å²) in [7, 11) is 4.04. The fourth-order valence-electron chi connectivity index (χ4n) is 3.11. The van der Waals surface area contributed by atoms with Crippen molar-refractivity contribution in [2.75, 3.05) is 20.6 Å². The summed E-state index contributed by atoms with van der Waals surface area (Å²) in [6.45, 7) is 1.46. The van der Waals surface area contributed by atoms with Crippen molar-refractivity contribution in [3.05, 3.63) is 72.4 Å². The minimum Gasteiger partial charge on any atom is -0.348 e. The number of hydrogen-bond donors (Lipinski definition) is 1. The maximum Gasteiger partial charge on any atom is 0.222 e. The zero-order valence-corrected chi connectivity index (χ0v) is 14.9. The number of rotatable bonds is 7. The van der Waals surface area contributed by atoms with Gasteiger partial charge in [-0.2, -0.15) is 0 Å². The zero-order valence-electron chi connectivity index (χ0n) is 14.9. The van der Waals surface area contributed by atoms with E-state index in [4.69, 9.17) is 0 Å². The molecular formula is C21H25N3O. The molecule has 4 nitrogen and oxygen atoms in total. The SMILES string of the molecule is CN(C)C[C@@H](NC(=O)CCn1ccc2ccccc21)c1ccccc1. The van der Waals surface area contributed by atoms with Gasteiger partial charge < -0.3 is 14.8 Å². The van der Waals surface area contributed by atoms with Gasteiger partial charge in [0.1, 0.15) is 0 Å². The Kier molecular flexibility index (Phi) is 5.51. The number of carbonyl (C=O) groups excluding carboxylic acids is 1. The second kappa shape index (κ2) is 7.99. The van der Waals surface area contributed by atoms with Crippen molar-refractivity contribution in [1.82, 2.24) is 14.8 Å². The predicted molar refractivity (Wildman–Crippen MR) is 102 cm³/mol. The maximum atomic E-state index is 12.5. The van der Waals surface area contributed by atoms with Crippen molar-refractivity contribution < 1.29 is 4.79 Å². The molecule has 0 unspecified atom stereocenters. The van der Waals surface area contributed by atoms with Gasteiger partial charge >= 0.3 is 0 Å². The van der Waals surface area contributed by atoms with E-state index in [0.717, 1.165) is 12.1 Å². The van der Waals surface area contributed by atoms with Crippen molar-refractivity contribution in [2.45, 2.75) is 19.0 Å². The predicted octanol–water partition coefficient (Wildman–Crippen LogP) is 3.45. The number of nitrogens with zero attached hydrogens (tertiary/aromatic N) is 2. The third kappa shape index (κ3) is 4.48.